The molecule has 0 aliphatic carbocycles. The Hall–Kier alpha value is -3.53. The molecule has 4 heteroatoms. The van der Waals surface area contributed by atoms with Crippen molar-refractivity contribution in [2.45, 2.75) is 6.61 Å². The van der Waals surface area contributed by atoms with Crippen LogP contribution in [-0.4, -0.2) is 18.1 Å². The standard InChI is InChI=1S/C23H21NO3/c1-24-20-9-5-8-19(15-20)21-12-10-17(11-13-23(25)26)14-22(21)27-16-18-6-3-2-4-7-18/h2-15,24H,16H2,1H3,(H,25,26). The Morgan fingerprint density at radius 2 is 1.85 bits per heavy atom. The Kier molecular flexibility index (Phi) is 5.90. The fraction of sp³-hybridized carbons (Fsp3) is 0.0870. The molecule has 0 bridgehead atoms. The molecule has 3 aromatic carbocycles. The molecular formula is C23H21NO3. The number of anilines is 1. The summed E-state index contributed by atoms with van der Waals surface area (Å²) in [6.45, 7) is 0.436. The van der Waals surface area contributed by atoms with Gasteiger partial charge in [-0.3, -0.25) is 0 Å². The van der Waals surface area contributed by atoms with E-state index in [1.807, 2.05) is 73.8 Å². The predicted octanol–water partition coefficient (Wildman–Crippen LogP) is 5.07. The number of carboxylic acids is 1. The lowest BCUT2D eigenvalue weighted by molar-refractivity contribution is -0.131. The van der Waals surface area contributed by atoms with Crippen molar-refractivity contribution in [1.29, 1.82) is 0 Å². The molecule has 0 saturated carbocycles. The molecule has 0 heterocycles. The summed E-state index contributed by atoms with van der Waals surface area (Å²) in [6.07, 6.45) is 2.68. The van der Waals surface area contributed by atoms with Crippen LogP contribution in [0.15, 0.2) is 78.9 Å². The van der Waals surface area contributed by atoms with Crippen LogP contribution in [0.5, 0.6) is 5.75 Å². The lowest BCUT2D eigenvalue weighted by Gasteiger charge is -2.14. The number of hydrogen-bond donors (Lipinski definition) is 2. The van der Waals surface area contributed by atoms with Crippen LogP contribution in [-0.2, 0) is 11.4 Å². The van der Waals surface area contributed by atoms with E-state index in [0.29, 0.717) is 12.4 Å². The summed E-state index contributed by atoms with van der Waals surface area (Å²) in [4.78, 5) is 10.8. The van der Waals surface area contributed by atoms with Gasteiger partial charge in [-0.15, -0.1) is 0 Å². The summed E-state index contributed by atoms with van der Waals surface area (Å²) >= 11 is 0. The molecule has 0 atom stereocenters. The maximum absolute atomic E-state index is 10.8. The smallest absolute Gasteiger partial charge is 0.328 e. The van der Waals surface area contributed by atoms with Crippen molar-refractivity contribution in [3.8, 4) is 16.9 Å². The largest absolute Gasteiger partial charge is 0.488 e. The van der Waals surface area contributed by atoms with Crippen LogP contribution in [0.2, 0.25) is 0 Å². The number of nitrogens with one attached hydrogen (secondary N) is 1. The zero-order chi connectivity index (χ0) is 19.1. The first-order valence-corrected chi connectivity index (χ1v) is 8.65. The highest BCUT2D eigenvalue weighted by molar-refractivity contribution is 5.86. The minimum absolute atomic E-state index is 0.436. The number of ether oxygens (including phenoxy) is 1. The molecule has 0 radical (unpaired) electrons. The minimum Gasteiger partial charge on any atom is -0.488 e. The van der Waals surface area contributed by atoms with Crippen molar-refractivity contribution in [3.05, 3.63) is 90.0 Å². The molecule has 0 aromatic heterocycles. The average Bonchev–Trinajstić information content (AvgIpc) is 2.71. The fourth-order valence-corrected chi connectivity index (χ4v) is 2.75. The van der Waals surface area contributed by atoms with Gasteiger partial charge in [0, 0.05) is 24.4 Å². The van der Waals surface area contributed by atoms with Crippen molar-refractivity contribution in [2.24, 2.45) is 0 Å². The molecule has 0 spiro atoms. The van der Waals surface area contributed by atoms with Crippen molar-refractivity contribution < 1.29 is 14.6 Å². The van der Waals surface area contributed by atoms with E-state index >= 15 is 0 Å². The molecule has 0 aliphatic rings. The molecule has 136 valence electrons. The zero-order valence-electron chi connectivity index (χ0n) is 15.1. The molecule has 0 fully saturated rings. The van der Waals surface area contributed by atoms with Gasteiger partial charge in [-0.1, -0.05) is 54.6 Å². The van der Waals surface area contributed by atoms with Crippen LogP contribution in [0.3, 0.4) is 0 Å². The van der Waals surface area contributed by atoms with E-state index in [4.69, 9.17) is 9.84 Å². The van der Waals surface area contributed by atoms with E-state index in [2.05, 4.69) is 11.4 Å². The predicted molar refractivity (Wildman–Crippen MR) is 109 cm³/mol. The van der Waals surface area contributed by atoms with Crippen LogP contribution in [0, 0.1) is 0 Å². The van der Waals surface area contributed by atoms with E-state index in [9.17, 15) is 4.79 Å². The summed E-state index contributed by atoms with van der Waals surface area (Å²) in [5.74, 6) is -0.271. The lowest BCUT2D eigenvalue weighted by Crippen LogP contribution is -1.98. The normalized spacial score (nSPS) is 10.7. The summed E-state index contributed by atoms with van der Waals surface area (Å²) < 4.78 is 6.10. The first kappa shape index (κ1) is 18.3. The van der Waals surface area contributed by atoms with Gasteiger partial charge in [0.05, 0.1) is 0 Å². The Morgan fingerprint density at radius 3 is 2.59 bits per heavy atom. The third-order valence-electron chi connectivity index (χ3n) is 4.12. The zero-order valence-corrected chi connectivity index (χ0v) is 15.1. The van der Waals surface area contributed by atoms with Crippen LogP contribution < -0.4 is 10.1 Å². The van der Waals surface area contributed by atoms with Gasteiger partial charge in [0.2, 0.25) is 0 Å². The molecule has 4 nitrogen and oxygen atoms in total. The highest BCUT2D eigenvalue weighted by Gasteiger charge is 2.09. The van der Waals surface area contributed by atoms with Gasteiger partial charge in [0.25, 0.3) is 0 Å². The van der Waals surface area contributed by atoms with Crippen molar-refractivity contribution in [2.75, 3.05) is 12.4 Å². The molecule has 27 heavy (non-hydrogen) atoms. The SMILES string of the molecule is CNc1cccc(-c2ccc(C=CC(=O)O)cc2OCc2ccccc2)c1. The van der Waals surface area contributed by atoms with Gasteiger partial charge in [0.15, 0.2) is 0 Å². The van der Waals surface area contributed by atoms with Gasteiger partial charge in [-0.05, 0) is 41.0 Å². The van der Waals surface area contributed by atoms with E-state index in [0.717, 1.165) is 34.0 Å². The third kappa shape index (κ3) is 4.98. The Bertz CT molecular complexity index is 949. The van der Waals surface area contributed by atoms with Gasteiger partial charge in [-0.25, -0.2) is 4.79 Å². The van der Waals surface area contributed by atoms with E-state index in [-0.39, 0.29) is 0 Å². The van der Waals surface area contributed by atoms with Crippen LogP contribution >= 0.6 is 0 Å². The molecule has 0 unspecified atom stereocenters. The molecule has 0 aliphatic heterocycles. The fourth-order valence-electron chi connectivity index (χ4n) is 2.75. The molecule has 2 N–H and O–H groups in total. The van der Waals surface area contributed by atoms with Gasteiger partial charge < -0.3 is 15.2 Å². The first-order valence-electron chi connectivity index (χ1n) is 8.65. The quantitative estimate of drug-likeness (QED) is 0.578. The summed E-state index contributed by atoms with van der Waals surface area (Å²) in [5.41, 5.74) is 4.83. The van der Waals surface area contributed by atoms with Crippen LogP contribution in [0.1, 0.15) is 11.1 Å². The van der Waals surface area contributed by atoms with Gasteiger partial charge in [-0.2, -0.15) is 0 Å². The maximum atomic E-state index is 10.8. The Labute approximate surface area is 158 Å². The molecular weight excluding hydrogens is 338 g/mol. The van der Waals surface area contributed by atoms with Gasteiger partial charge >= 0.3 is 5.97 Å². The number of benzene rings is 3. The Morgan fingerprint density at radius 1 is 1.04 bits per heavy atom. The highest BCUT2D eigenvalue weighted by Crippen LogP contribution is 2.33. The van der Waals surface area contributed by atoms with Crippen molar-refractivity contribution >= 4 is 17.7 Å². The lowest BCUT2D eigenvalue weighted by atomic mass is 10.0. The third-order valence-corrected chi connectivity index (χ3v) is 4.12. The maximum Gasteiger partial charge on any atom is 0.328 e. The van der Waals surface area contributed by atoms with Crippen LogP contribution in [0.25, 0.3) is 17.2 Å². The van der Waals surface area contributed by atoms with Crippen molar-refractivity contribution in [3.63, 3.8) is 0 Å². The number of aliphatic carboxylic acids is 1. The van der Waals surface area contributed by atoms with Gasteiger partial charge in [0.1, 0.15) is 12.4 Å². The second-order valence-corrected chi connectivity index (χ2v) is 6.03. The number of carbonyl (C=O) groups is 1. The number of rotatable bonds is 7. The summed E-state index contributed by atoms with van der Waals surface area (Å²) in [5, 5.41) is 12.0. The first-order chi connectivity index (χ1) is 13.2. The second-order valence-electron chi connectivity index (χ2n) is 6.03. The van der Waals surface area contributed by atoms with Crippen LogP contribution in [0.4, 0.5) is 5.69 Å². The minimum atomic E-state index is -0.979. The topological polar surface area (TPSA) is 58.6 Å². The van der Waals surface area contributed by atoms with Crippen molar-refractivity contribution in [1.82, 2.24) is 0 Å². The Balaban J connectivity index is 1.96. The molecule has 3 aromatic rings. The summed E-state index contributed by atoms with van der Waals surface area (Å²) in [7, 11) is 1.88. The van der Waals surface area contributed by atoms with E-state index < -0.39 is 5.97 Å². The second kappa shape index (κ2) is 8.72. The van der Waals surface area contributed by atoms with E-state index in [1.54, 1.807) is 6.08 Å². The number of carboxylic acid groups (broad SMARTS) is 1. The average molecular weight is 359 g/mol. The number of hydrogen-bond acceptors (Lipinski definition) is 3. The molecule has 0 amide bonds. The molecule has 3 rings (SSSR count). The summed E-state index contributed by atoms with van der Waals surface area (Å²) in [6, 6.07) is 23.7. The molecule has 0 saturated heterocycles. The highest BCUT2D eigenvalue weighted by atomic mass is 16.5. The monoisotopic (exact) mass is 359 g/mol. The van der Waals surface area contributed by atoms with E-state index in [1.165, 1.54) is 0 Å².